The maximum atomic E-state index is 6.69. The number of para-hydroxylation sites is 2. The van der Waals surface area contributed by atoms with E-state index in [1.54, 1.807) is 0 Å². The van der Waals surface area contributed by atoms with Gasteiger partial charge in [-0.05, 0) is 41.5 Å². The number of hydrogen-bond acceptors (Lipinski definition) is 4. The predicted octanol–water partition coefficient (Wildman–Crippen LogP) is 11.5. The molecule has 0 unspecified atom stereocenters. The van der Waals surface area contributed by atoms with Crippen LogP contribution in [0.15, 0.2) is 156 Å². The van der Waals surface area contributed by atoms with Gasteiger partial charge in [-0.2, -0.15) is 0 Å². The third-order valence-electron chi connectivity index (χ3n) is 9.46. The maximum Gasteiger partial charge on any atom is 0.160 e. The summed E-state index contributed by atoms with van der Waals surface area (Å²) in [6, 6.07) is 52.8. The van der Waals surface area contributed by atoms with Gasteiger partial charge in [0, 0.05) is 38.6 Å². The van der Waals surface area contributed by atoms with Gasteiger partial charge in [0.25, 0.3) is 0 Å². The zero-order chi connectivity index (χ0) is 31.5. The summed E-state index contributed by atoms with van der Waals surface area (Å²) >= 11 is 0. The van der Waals surface area contributed by atoms with Crippen molar-refractivity contribution in [1.29, 1.82) is 0 Å². The first-order chi connectivity index (χ1) is 23.1. The average molecular weight is 606 g/mol. The monoisotopic (exact) mass is 605 g/mol. The highest BCUT2D eigenvalue weighted by molar-refractivity contribution is 6.12. The van der Waals surface area contributed by atoms with Gasteiger partial charge in [0.15, 0.2) is 11.4 Å². The fourth-order valence-corrected chi connectivity index (χ4v) is 7.11. The van der Waals surface area contributed by atoms with Crippen molar-refractivity contribution < 1.29 is 4.42 Å². The second-order valence-electron chi connectivity index (χ2n) is 12.7. The van der Waals surface area contributed by atoms with Gasteiger partial charge in [-0.25, -0.2) is 9.97 Å². The first kappa shape index (κ1) is 27.3. The average Bonchev–Trinajstić information content (AvgIpc) is 3.52. The summed E-state index contributed by atoms with van der Waals surface area (Å²) in [7, 11) is 0. The Labute approximate surface area is 273 Å². The lowest BCUT2D eigenvalue weighted by atomic mass is 9.73. The van der Waals surface area contributed by atoms with E-state index in [4.69, 9.17) is 14.4 Å². The van der Waals surface area contributed by atoms with Crippen molar-refractivity contribution in [2.24, 2.45) is 0 Å². The van der Waals surface area contributed by atoms with Gasteiger partial charge in [-0.15, -0.1) is 0 Å². The Kier molecular flexibility index (Phi) is 6.12. The first-order valence-electron chi connectivity index (χ1n) is 16.0. The van der Waals surface area contributed by atoms with Crippen LogP contribution in [0.4, 0.5) is 17.1 Å². The Morgan fingerprint density at radius 1 is 0.532 bits per heavy atom. The minimum absolute atomic E-state index is 0.231. The second kappa shape index (κ2) is 10.5. The van der Waals surface area contributed by atoms with Crippen LogP contribution in [0, 0.1) is 0 Å². The number of nitrogens with zero attached hydrogens (tertiary/aromatic N) is 3. The smallest absolute Gasteiger partial charge is 0.160 e. The van der Waals surface area contributed by atoms with Crippen molar-refractivity contribution in [3.05, 3.63) is 163 Å². The Bertz CT molecular complexity index is 2390. The Balaban J connectivity index is 1.28. The molecule has 4 nitrogen and oxygen atoms in total. The second-order valence-corrected chi connectivity index (χ2v) is 12.7. The highest BCUT2D eigenvalue weighted by Gasteiger charge is 2.39. The molecule has 224 valence electrons. The molecule has 6 aromatic carbocycles. The molecular formula is C43H31N3O. The standard InChI is InChI=1S/C43H31N3O/c1-43(2)34-21-10-11-22-38(34)46(40-35(43)25-24-33-32-20-9-12-23-39(32)47-41(33)40)31-19-13-18-30(26-31)42-44-36(28-14-5-3-6-15-28)27-37(45-42)29-16-7-4-8-17-29/h3-27H,1-2H3. The molecule has 2 aromatic heterocycles. The zero-order valence-electron chi connectivity index (χ0n) is 26.2. The van der Waals surface area contributed by atoms with E-state index in [2.05, 4.69) is 128 Å². The molecule has 0 saturated carbocycles. The van der Waals surface area contributed by atoms with E-state index in [0.717, 1.165) is 67.1 Å². The highest BCUT2D eigenvalue weighted by Crippen LogP contribution is 2.55. The lowest BCUT2D eigenvalue weighted by molar-refractivity contribution is 0.624. The third kappa shape index (κ3) is 4.37. The van der Waals surface area contributed by atoms with Crippen molar-refractivity contribution >= 4 is 39.0 Å². The minimum Gasteiger partial charge on any atom is -0.454 e. The number of hydrogen-bond donors (Lipinski definition) is 0. The maximum absolute atomic E-state index is 6.69. The van der Waals surface area contributed by atoms with Crippen molar-refractivity contribution in [3.8, 4) is 33.9 Å². The third-order valence-corrected chi connectivity index (χ3v) is 9.46. The molecule has 9 rings (SSSR count). The van der Waals surface area contributed by atoms with E-state index >= 15 is 0 Å². The lowest BCUT2D eigenvalue weighted by Gasteiger charge is -2.42. The van der Waals surface area contributed by atoms with Crippen LogP contribution in [0.3, 0.4) is 0 Å². The van der Waals surface area contributed by atoms with Crippen molar-refractivity contribution in [2.45, 2.75) is 19.3 Å². The van der Waals surface area contributed by atoms with E-state index < -0.39 is 0 Å². The number of anilines is 3. The fraction of sp³-hybridized carbons (Fsp3) is 0.0698. The molecule has 0 aliphatic carbocycles. The fourth-order valence-electron chi connectivity index (χ4n) is 7.11. The van der Waals surface area contributed by atoms with Gasteiger partial charge in [0.05, 0.1) is 22.8 Å². The van der Waals surface area contributed by atoms with E-state index in [0.29, 0.717) is 5.82 Å². The van der Waals surface area contributed by atoms with Gasteiger partial charge < -0.3 is 9.32 Å². The first-order valence-corrected chi connectivity index (χ1v) is 16.0. The highest BCUT2D eigenvalue weighted by atomic mass is 16.3. The van der Waals surface area contributed by atoms with Crippen LogP contribution >= 0.6 is 0 Å². The number of furan rings is 1. The molecule has 47 heavy (non-hydrogen) atoms. The molecule has 0 amide bonds. The van der Waals surface area contributed by atoms with Gasteiger partial charge in [-0.3, -0.25) is 0 Å². The Morgan fingerprint density at radius 3 is 1.91 bits per heavy atom. The lowest BCUT2D eigenvalue weighted by Crippen LogP contribution is -2.30. The molecule has 0 spiro atoms. The Morgan fingerprint density at radius 2 is 1.17 bits per heavy atom. The van der Waals surface area contributed by atoms with Gasteiger partial charge in [0.1, 0.15) is 5.58 Å². The molecule has 0 radical (unpaired) electrons. The molecule has 8 aromatic rings. The molecule has 3 heterocycles. The molecule has 1 aliphatic heterocycles. The van der Waals surface area contributed by atoms with Crippen molar-refractivity contribution in [1.82, 2.24) is 9.97 Å². The summed E-state index contributed by atoms with van der Waals surface area (Å²) in [4.78, 5) is 12.6. The van der Waals surface area contributed by atoms with Crippen LogP contribution in [-0.2, 0) is 5.41 Å². The van der Waals surface area contributed by atoms with Crippen LogP contribution in [0.2, 0.25) is 0 Å². The topological polar surface area (TPSA) is 42.2 Å². The van der Waals surface area contributed by atoms with Crippen LogP contribution in [0.25, 0.3) is 55.8 Å². The number of rotatable bonds is 4. The summed E-state index contributed by atoms with van der Waals surface area (Å²) in [5, 5.41) is 2.23. The van der Waals surface area contributed by atoms with Crippen LogP contribution < -0.4 is 4.90 Å². The molecule has 0 fully saturated rings. The molecular weight excluding hydrogens is 574 g/mol. The molecule has 1 aliphatic rings. The van der Waals surface area contributed by atoms with E-state index in [-0.39, 0.29) is 5.41 Å². The minimum atomic E-state index is -0.231. The number of aromatic nitrogens is 2. The molecule has 0 bridgehead atoms. The van der Waals surface area contributed by atoms with E-state index in [9.17, 15) is 0 Å². The van der Waals surface area contributed by atoms with Crippen LogP contribution in [0.5, 0.6) is 0 Å². The van der Waals surface area contributed by atoms with Crippen LogP contribution in [0.1, 0.15) is 25.0 Å². The predicted molar refractivity (Wildman–Crippen MR) is 192 cm³/mol. The molecule has 0 atom stereocenters. The summed E-state index contributed by atoms with van der Waals surface area (Å²) in [6.45, 7) is 4.61. The molecule has 0 N–H and O–H groups in total. The van der Waals surface area contributed by atoms with Gasteiger partial charge in [-0.1, -0.05) is 135 Å². The zero-order valence-corrected chi connectivity index (χ0v) is 26.2. The summed E-state index contributed by atoms with van der Waals surface area (Å²) in [5.41, 5.74) is 12.1. The van der Waals surface area contributed by atoms with Crippen molar-refractivity contribution in [2.75, 3.05) is 4.90 Å². The summed E-state index contributed by atoms with van der Waals surface area (Å²) < 4.78 is 6.69. The summed E-state index contributed by atoms with van der Waals surface area (Å²) in [6.07, 6.45) is 0. The van der Waals surface area contributed by atoms with Crippen LogP contribution in [-0.4, -0.2) is 9.97 Å². The summed E-state index contributed by atoms with van der Waals surface area (Å²) in [5.74, 6) is 0.680. The molecule has 4 heteroatoms. The number of benzene rings is 6. The SMILES string of the molecule is CC1(C)c2ccccc2N(c2cccc(-c3nc(-c4ccccc4)cc(-c4ccccc4)n3)c2)c2c1ccc1c2oc2ccccc21. The van der Waals surface area contributed by atoms with Crippen molar-refractivity contribution in [3.63, 3.8) is 0 Å². The van der Waals surface area contributed by atoms with E-state index in [1.165, 1.54) is 11.1 Å². The normalized spacial score (nSPS) is 13.4. The van der Waals surface area contributed by atoms with Gasteiger partial charge in [0.2, 0.25) is 0 Å². The number of fused-ring (bicyclic) bond motifs is 6. The van der Waals surface area contributed by atoms with Gasteiger partial charge >= 0.3 is 0 Å². The Hall–Kier alpha value is -6.00. The quantitative estimate of drug-likeness (QED) is 0.200. The largest absolute Gasteiger partial charge is 0.454 e. The van der Waals surface area contributed by atoms with E-state index in [1.807, 2.05) is 42.5 Å². The molecule has 0 saturated heterocycles.